The van der Waals surface area contributed by atoms with Gasteiger partial charge in [-0.1, -0.05) is 43.3 Å². The number of hydrogen-bond donors (Lipinski definition) is 1. The first-order chi connectivity index (χ1) is 8.93. The van der Waals surface area contributed by atoms with E-state index < -0.39 is 10.0 Å². The average Bonchev–Trinajstić information content (AvgIpc) is 2.22. The fourth-order valence-corrected chi connectivity index (χ4v) is 2.73. The summed E-state index contributed by atoms with van der Waals surface area (Å²) in [5.74, 6) is 0.642. The Hall–Kier alpha value is -0.850. The summed E-state index contributed by atoms with van der Waals surface area (Å²) in [4.78, 5) is 0.132. The first kappa shape index (κ1) is 17.2. The van der Waals surface area contributed by atoms with Crippen molar-refractivity contribution < 1.29 is 13.2 Å². The fourth-order valence-electron chi connectivity index (χ4n) is 1.83. The largest absolute Gasteiger partial charge is 0.488 e. The van der Waals surface area contributed by atoms with Crippen molar-refractivity contribution in [1.29, 1.82) is 0 Å². The first-order valence-corrected chi connectivity index (χ1v) is 8.41. The lowest BCUT2D eigenvalue weighted by atomic mass is 9.86. The normalized spacial score (nSPS) is 12.3. The Morgan fingerprint density at radius 3 is 2.35 bits per heavy atom. The van der Waals surface area contributed by atoms with Crippen LogP contribution in [0.25, 0.3) is 0 Å². The van der Waals surface area contributed by atoms with Gasteiger partial charge in [0.25, 0.3) is 0 Å². The molecule has 0 spiro atoms. The van der Waals surface area contributed by atoms with Crippen molar-refractivity contribution in [2.75, 3.05) is 6.61 Å². The SMILES string of the molecule is C=C(Br)COc1cc(C)c(S(N)(=O)=O)cc1C(C)(C)C. The van der Waals surface area contributed by atoms with Crippen LogP contribution in [0, 0.1) is 6.92 Å². The molecule has 0 radical (unpaired) electrons. The lowest BCUT2D eigenvalue weighted by Crippen LogP contribution is -2.19. The quantitative estimate of drug-likeness (QED) is 0.894. The highest BCUT2D eigenvalue weighted by Crippen LogP contribution is 2.35. The fraction of sp³-hybridized carbons (Fsp3) is 0.429. The van der Waals surface area contributed by atoms with Crippen LogP contribution in [0.4, 0.5) is 0 Å². The van der Waals surface area contributed by atoms with Crippen molar-refractivity contribution in [3.63, 3.8) is 0 Å². The summed E-state index contributed by atoms with van der Waals surface area (Å²) in [5.41, 5.74) is 1.09. The van der Waals surface area contributed by atoms with E-state index in [2.05, 4.69) is 22.5 Å². The maximum Gasteiger partial charge on any atom is 0.238 e. The van der Waals surface area contributed by atoms with Crippen LogP contribution in [-0.2, 0) is 15.4 Å². The number of benzene rings is 1. The second kappa shape index (κ2) is 5.87. The molecule has 2 N–H and O–H groups in total. The second-order valence-electron chi connectivity index (χ2n) is 5.71. The Morgan fingerprint density at radius 1 is 1.40 bits per heavy atom. The molecule has 0 aromatic heterocycles. The number of aryl methyl sites for hydroxylation is 1. The summed E-state index contributed by atoms with van der Waals surface area (Å²) in [7, 11) is -3.75. The van der Waals surface area contributed by atoms with Gasteiger partial charge in [0.15, 0.2) is 0 Å². The van der Waals surface area contributed by atoms with Gasteiger partial charge in [0.2, 0.25) is 10.0 Å². The maximum absolute atomic E-state index is 11.6. The van der Waals surface area contributed by atoms with Crippen LogP contribution in [0.1, 0.15) is 31.9 Å². The molecule has 112 valence electrons. The summed E-state index contributed by atoms with van der Waals surface area (Å²) in [5, 5.41) is 5.25. The van der Waals surface area contributed by atoms with Gasteiger partial charge in [-0.05, 0) is 30.0 Å². The zero-order valence-corrected chi connectivity index (χ0v) is 14.6. The summed E-state index contributed by atoms with van der Waals surface area (Å²) >= 11 is 3.24. The van der Waals surface area contributed by atoms with Gasteiger partial charge in [-0.25, -0.2) is 13.6 Å². The van der Waals surface area contributed by atoms with Crippen molar-refractivity contribution in [2.24, 2.45) is 5.14 Å². The zero-order chi connectivity index (χ0) is 15.7. The molecule has 4 nitrogen and oxygen atoms in total. The van der Waals surface area contributed by atoms with Crippen LogP contribution in [-0.4, -0.2) is 15.0 Å². The number of hydrogen-bond acceptors (Lipinski definition) is 3. The van der Waals surface area contributed by atoms with Gasteiger partial charge < -0.3 is 4.74 Å². The van der Waals surface area contributed by atoms with Gasteiger partial charge in [-0.15, -0.1) is 0 Å². The third kappa shape index (κ3) is 4.33. The third-order valence-corrected chi connectivity index (χ3v) is 4.06. The van der Waals surface area contributed by atoms with E-state index in [1.165, 1.54) is 0 Å². The number of primary sulfonamides is 1. The van der Waals surface area contributed by atoms with E-state index in [9.17, 15) is 8.42 Å². The first-order valence-electron chi connectivity index (χ1n) is 6.07. The number of halogens is 1. The van der Waals surface area contributed by atoms with E-state index in [4.69, 9.17) is 9.88 Å². The van der Waals surface area contributed by atoms with E-state index in [1.807, 2.05) is 20.8 Å². The second-order valence-corrected chi connectivity index (χ2v) is 8.37. The van der Waals surface area contributed by atoms with Crippen LogP contribution in [0.15, 0.2) is 28.1 Å². The Kier molecular flexibility index (Phi) is 5.05. The van der Waals surface area contributed by atoms with E-state index in [0.717, 1.165) is 5.56 Å². The van der Waals surface area contributed by atoms with Crippen LogP contribution in [0.3, 0.4) is 0 Å². The minimum atomic E-state index is -3.75. The lowest BCUT2D eigenvalue weighted by molar-refractivity contribution is 0.348. The molecule has 0 unspecified atom stereocenters. The molecule has 0 heterocycles. The van der Waals surface area contributed by atoms with Crippen LogP contribution < -0.4 is 9.88 Å². The highest BCUT2D eigenvalue weighted by Gasteiger charge is 2.24. The summed E-state index contributed by atoms with van der Waals surface area (Å²) in [6, 6.07) is 3.30. The molecule has 0 saturated carbocycles. The molecule has 0 atom stereocenters. The van der Waals surface area contributed by atoms with Crippen LogP contribution in [0.5, 0.6) is 5.75 Å². The summed E-state index contributed by atoms with van der Waals surface area (Å²) in [6.45, 7) is 11.7. The molecular formula is C14H20BrNO3S. The van der Waals surface area contributed by atoms with Crippen molar-refractivity contribution in [2.45, 2.75) is 38.0 Å². The molecule has 0 fully saturated rings. The average molecular weight is 362 g/mol. The molecule has 0 aliphatic carbocycles. The minimum Gasteiger partial charge on any atom is -0.488 e. The Bertz CT molecular complexity index is 631. The number of sulfonamides is 1. The molecule has 1 aromatic carbocycles. The zero-order valence-electron chi connectivity index (χ0n) is 12.2. The monoisotopic (exact) mass is 361 g/mol. The van der Waals surface area contributed by atoms with Gasteiger partial charge in [-0.2, -0.15) is 0 Å². The third-order valence-electron chi connectivity index (χ3n) is 2.78. The molecule has 0 amide bonds. The van der Waals surface area contributed by atoms with Crippen molar-refractivity contribution in [3.8, 4) is 5.75 Å². The summed E-state index contributed by atoms with van der Waals surface area (Å²) in [6.07, 6.45) is 0. The molecule has 1 aromatic rings. The van der Waals surface area contributed by atoms with Gasteiger partial charge in [-0.3, -0.25) is 0 Å². The molecule has 0 aliphatic heterocycles. The predicted molar refractivity (Wildman–Crippen MR) is 84.8 cm³/mol. The molecule has 20 heavy (non-hydrogen) atoms. The molecular weight excluding hydrogens is 342 g/mol. The van der Waals surface area contributed by atoms with Crippen LogP contribution in [0.2, 0.25) is 0 Å². The van der Waals surface area contributed by atoms with Crippen molar-refractivity contribution >= 4 is 26.0 Å². The number of nitrogens with two attached hydrogens (primary N) is 1. The van der Waals surface area contributed by atoms with Gasteiger partial charge in [0.1, 0.15) is 12.4 Å². The van der Waals surface area contributed by atoms with E-state index in [0.29, 0.717) is 22.4 Å². The van der Waals surface area contributed by atoms with E-state index >= 15 is 0 Å². The Labute approximate surface area is 129 Å². The van der Waals surface area contributed by atoms with Crippen LogP contribution >= 0.6 is 15.9 Å². The van der Waals surface area contributed by atoms with Crippen molar-refractivity contribution in [1.82, 2.24) is 0 Å². The molecule has 0 aliphatic rings. The number of ether oxygens (including phenoxy) is 1. The maximum atomic E-state index is 11.6. The smallest absolute Gasteiger partial charge is 0.238 e. The van der Waals surface area contributed by atoms with Gasteiger partial charge in [0.05, 0.1) is 4.90 Å². The van der Waals surface area contributed by atoms with Crippen molar-refractivity contribution in [3.05, 3.63) is 34.3 Å². The molecule has 6 heteroatoms. The minimum absolute atomic E-state index is 0.132. The van der Waals surface area contributed by atoms with E-state index in [-0.39, 0.29) is 10.3 Å². The lowest BCUT2D eigenvalue weighted by Gasteiger charge is -2.24. The summed E-state index contributed by atoms with van der Waals surface area (Å²) < 4.78 is 29.7. The number of rotatable bonds is 4. The highest BCUT2D eigenvalue weighted by atomic mass is 79.9. The Morgan fingerprint density at radius 2 is 1.95 bits per heavy atom. The highest BCUT2D eigenvalue weighted by molar-refractivity contribution is 9.11. The topological polar surface area (TPSA) is 69.4 Å². The molecule has 1 rings (SSSR count). The van der Waals surface area contributed by atoms with Gasteiger partial charge >= 0.3 is 0 Å². The van der Waals surface area contributed by atoms with Gasteiger partial charge in [0, 0.05) is 10.0 Å². The molecule has 0 saturated heterocycles. The molecule has 0 bridgehead atoms. The van der Waals surface area contributed by atoms with E-state index in [1.54, 1.807) is 19.1 Å². The predicted octanol–water partition coefficient (Wildman–Crippen LogP) is 3.23. The standard InChI is InChI=1S/C14H20BrNO3S/c1-9-6-12(19-8-10(2)15)11(14(3,4)5)7-13(9)20(16,17)18/h6-7H,2,8H2,1,3-5H3,(H2,16,17,18). The Balaban J connectivity index is 3.45.